The van der Waals surface area contributed by atoms with E-state index in [-0.39, 0.29) is 0 Å². The van der Waals surface area contributed by atoms with Gasteiger partial charge in [0.25, 0.3) is 0 Å². The van der Waals surface area contributed by atoms with E-state index in [0.29, 0.717) is 24.0 Å². The van der Waals surface area contributed by atoms with Crippen LogP contribution in [0.15, 0.2) is 0 Å². The lowest BCUT2D eigenvalue weighted by Crippen LogP contribution is -2.05. The average molecular weight is 242 g/mol. The fourth-order valence-electron chi connectivity index (χ4n) is 1.80. The Morgan fingerprint density at radius 2 is 2.12 bits per heavy atom. The number of nitrogens with zero attached hydrogens (tertiary/aromatic N) is 4. The van der Waals surface area contributed by atoms with Crippen molar-refractivity contribution in [3.05, 3.63) is 16.7 Å². The maximum absolute atomic E-state index is 6.19. The number of nitrogens with two attached hydrogens (primary N) is 1. The maximum Gasteiger partial charge on any atom is 0.233 e. The number of halogens is 1. The summed E-state index contributed by atoms with van der Waals surface area (Å²) in [6.07, 6.45) is 0.680. The van der Waals surface area contributed by atoms with Crippen LogP contribution >= 0.6 is 11.6 Å². The molecule has 2 aromatic rings. The summed E-state index contributed by atoms with van der Waals surface area (Å²) in [4.78, 5) is 4.46. The summed E-state index contributed by atoms with van der Waals surface area (Å²) >= 11 is 6.19. The molecule has 0 unspecified atom stereocenters. The van der Waals surface area contributed by atoms with E-state index in [9.17, 15) is 0 Å². The zero-order valence-electron chi connectivity index (χ0n) is 9.74. The minimum atomic E-state index is 0.348. The molecule has 0 saturated heterocycles. The first-order valence-corrected chi connectivity index (χ1v) is 5.73. The highest BCUT2D eigenvalue weighted by molar-refractivity contribution is 6.30. The standard InChI is InChI=1S/C10H16ClN5/c1-6(2)9-14-16-8(11)7(4-5-12)13-10(16)15(9)3/h6H,4-5,12H2,1-3H3. The van der Waals surface area contributed by atoms with E-state index in [4.69, 9.17) is 17.3 Å². The molecule has 5 nitrogen and oxygen atoms in total. The first-order chi connectivity index (χ1) is 7.56. The number of hydrogen-bond acceptors (Lipinski definition) is 3. The van der Waals surface area contributed by atoms with E-state index in [1.54, 1.807) is 4.52 Å². The quantitative estimate of drug-likeness (QED) is 0.882. The summed E-state index contributed by atoms with van der Waals surface area (Å²) in [7, 11) is 1.95. The highest BCUT2D eigenvalue weighted by atomic mass is 35.5. The first kappa shape index (κ1) is 11.4. The van der Waals surface area contributed by atoms with Crippen molar-refractivity contribution in [3.63, 3.8) is 0 Å². The average Bonchev–Trinajstić information content (AvgIpc) is 2.69. The van der Waals surface area contributed by atoms with Gasteiger partial charge in [-0.3, -0.25) is 4.57 Å². The molecule has 0 aliphatic carbocycles. The Morgan fingerprint density at radius 3 is 2.62 bits per heavy atom. The second-order valence-corrected chi connectivity index (χ2v) is 4.53. The molecule has 0 aromatic carbocycles. The molecule has 2 heterocycles. The van der Waals surface area contributed by atoms with Gasteiger partial charge in [0.2, 0.25) is 5.78 Å². The van der Waals surface area contributed by atoms with E-state index < -0.39 is 0 Å². The molecule has 0 amide bonds. The molecule has 0 aliphatic rings. The van der Waals surface area contributed by atoms with Crippen LogP contribution < -0.4 is 5.73 Å². The predicted molar refractivity (Wildman–Crippen MR) is 63.8 cm³/mol. The van der Waals surface area contributed by atoms with Crippen molar-refractivity contribution in [1.29, 1.82) is 0 Å². The molecule has 2 rings (SSSR count). The van der Waals surface area contributed by atoms with Crippen LogP contribution in [0, 0.1) is 0 Å². The van der Waals surface area contributed by atoms with Gasteiger partial charge in [-0.05, 0) is 6.54 Å². The van der Waals surface area contributed by atoms with E-state index in [0.717, 1.165) is 17.3 Å². The molecule has 0 atom stereocenters. The molecule has 6 heteroatoms. The molecule has 16 heavy (non-hydrogen) atoms. The molecular formula is C10H16ClN5. The fraction of sp³-hybridized carbons (Fsp3) is 0.600. The van der Waals surface area contributed by atoms with Crippen molar-refractivity contribution in [3.8, 4) is 0 Å². The van der Waals surface area contributed by atoms with Crippen LogP contribution in [0.2, 0.25) is 5.15 Å². The molecule has 2 N–H and O–H groups in total. The third-order valence-corrected chi connectivity index (χ3v) is 2.97. The van der Waals surface area contributed by atoms with Gasteiger partial charge in [0.15, 0.2) is 5.15 Å². The summed E-state index contributed by atoms with van der Waals surface area (Å²) in [5, 5.41) is 5.03. The molecule has 0 radical (unpaired) electrons. The van der Waals surface area contributed by atoms with Crippen molar-refractivity contribution in [1.82, 2.24) is 19.2 Å². The number of imidazole rings is 1. The van der Waals surface area contributed by atoms with Gasteiger partial charge in [-0.1, -0.05) is 25.4 Å². The predicted octanol–water partition coefficient (Wildman–Crippen LogP) is 1.35. The van der Waals surface area contributed by atoms with Crippen molar-refractivity contribution in [2.24, 2.45) is 12.8 Å². The van der Waals surface area contributed by atoms with Gasteiger partial charge in [-0.2, -0.15) is 9.61 Å². The largest absolute Gasteiger partial charge is 0.330 e. The molecule has 0 saturated carbocycles. The zero-order valence-corrected chi connectivity index (χ0v) is 10.5. The van der Waals surface area contributed by atoms with Crippen LogP contribution in [0.5, 0.6) is 0 Å². The molecular weight excluding hydrogens is 226 g/mol. The van der Waals surface area contributed by atoms with E-state index in [1.165, 1.54) is 0 Å². The number of aryl methyl sites for hydroxylation is 1. The minimum absolute atomic E-state index is 0.348. The lowest BCUT2D eigenvalue weighted by molar-refractivity contribution is 0.706. The lowest BCUT2D eigenvalue weighted by atomic mass is 10.2. The van der Waals surface area contributed by atoms with E-state index in [2.05, 4.69) is 23.9 Å². The van der Waals surface area contributed by atoms with Gasteiger partial charge in [-0.15, -0.1) is 0 Å². The first-order valence-electron chi connectivity index (χ1n) is 5.36. The second-order valence-electron chi connectivity index (χ2n) is 4.17. The Labute approximate surface area is 99.2 Å². The minimum Gasteiger partial charge on any atom is -0.330 e. The van der Waals surface area contributed by atoms with Crippen LogP contribution in [0.1, 0.15) is 31.3 Å². The van der Waals surface area contributed by atoms with Gasteiger partial charge < -0.3 is 5.73 Å². The highest BCUT2D eigenvalue weighted by Gasteiger charge is 2.17. The van der Waals surface area contributed by atoms with Gasteiger partial charge in [0, 0.05) is 19.4 Å². The summed E-state index contributed by atoms with van der Waals surface area (Å²) in [6.45, 7) is 4.73. The number of hydrogen-bond donors (Lipinski definition) is 1. The summed E-state index contributed by atoms with van der Waals surface area (Å²) in [5.41, 5.74) is 6.32. The second kappa shape index (κ2) is 4.07. The topological polar surface area (TPSA) is 61.1 Å². The Hall–Kier alpha value is -1.07. The van der Waals surface area contributed by atoms with E-state index >= 15 is 0 Å². The number of fused-ring (bicyclic) bond motifs is 1. The monoisotopic (exact) mass is 241 g/mol. The van der Waals surface area contributed by atoms with Gasteiger partial charge in [0.05, 0.1) is 5.69 Å². The SMILES string of the molecule is CC(C)c1nn2c(Cl)c(CCN)nc2n1C. The smallest absolute Gasteiger partial charge is 0.233 e. The zero-order chi connectivity index (χ0) is 11.9. The summed E-state index contributed by atoms with van der Waals surface area (Å²) in [6, 6.07) is 0. The summed E-state index contributed by atoms with van der Waals surface area (Å²) < 4.78 is 3.65. The van der Waals surface area contributed by atoms with Crippen LogP contribution in [0.25, 0.3) is 5.78 Å². The van der Waals surface area contributed by atoms with E-state index in [1.807, 2.05) is 11.6 Å². The highest BCUT2D eigenvalue weighted by Crippen LogP contribution is 2.21. The Balaban J connectivity index is 2.59. The van der Waals surface area contributed by atoms with Crippen molar-refractivity contribution < 1.29 is 0 Å². The normalized spacial score (nSPS) is 11.9. The Bertz CT molecular complexity index is 511. The molecule has 0 fully saturated rings. The van der Waals surface area contributed by atoms with Gasteiger partial charge in [0.1, 0.15) is 5.82 Å². The Kier molecular flexibility index (Phi) is 2.90. The lowest BCUT2D eigenvalue weighted by Gasteiger charge is -2.02. The van der Waals surface area contributed by atoms with Crippen LogP contribution in [0.4, 0.5) is 0 Å². The molecule has 0 bridgehead atoms. The molecule has 0 aliphatic heterocycles. The third-order valence-electron chi connectivity index (χ3n) is 2.59. The summed E-state index contributed by atoms with van der Waals surface area (Å²) in [5.74, 6) is 2.10. The fourth-order valence-corrected chi connectivity index (χ4v) is 2.05. The Morgan fingerprint density at radius 1 is 1.44 bits per heavy atom. The maximum atomic E-state index is 6.19. The molecule has 0 spiro atoms. The van der Waals surface area contributed by atoms with Crippen LogP contribution in [-0.2, 0) is 13.5 Å². The van der Waals surface area contributed by atoms with Crippen molar-refractivity contribution in [2.75, 3.05) is 6.54 Å². The van der Waals surface area contributed by atoms with Crippen LogP contribution in [-0.4, -0.2) is 25.7 Å². The molecule has 88 valence electrons. The number of aromatic nitrogens is 4. The van der Waals surface area contributed by atoms with Crippen molar-refractivity contribution in [2.45, 2.75) is 26.2 Å². The van der Waals surface area contributed by atoms with Crippen LogP contribution in [0.3, 0.4) is 0 Å². The molecule has 2 aromatic heterocycles. The van der Waals surface area contributed by atoms with Crippen molar-refractivity contribution >= 4 is 17.4 Å². The third kappa shape index (κ3) is 1.60. The van der Waals surface area contributed by atoms with Gasteiger partial charge in [-0.25, -0.2) is 4.98 Å². The van der Waals surface area contributed by atoms with Gasteiger partial charge >= 0.3 is 0 Å². The number of rotatable bonds is 3.